The maximum absolute atomic E-state index is 5.94. The summed E-state index contributed by atoms with van der Waals surface area (Å²) in [5.41, 5.74) is 1.10. The second-order valence-corrected chi connectivity index (χ2v) is 9.12. The molecule has 0 aromatic carbocycles. The van der Waals surface area contributed by atoms with E-state index in [1.54, 1.807) is 11.3 Å². The van der Waals surface area contributed by atoms with Crippen LogP contribution in [0.3, 0.4) is 0 Å². The van der Waals surface area contributed by atoms with Gasteiger partial charge in [-0.3, -0.25) is 4.99 Å². The predicted molar refractivity (Wildman–Crippen MR) is 109 cm³/mol. The molecule has 2 aromatic heterocycles. The monoisotopic (exact) mass is 390 g/mol. The molecule has 2 aliphatic heterocycles. The highest BCUT2D eigenvalue weighted by molar-refractivity contribution is 7.16. The van der Waals surface area contributed by atoms with E-state index in [9.17, 15) is 0 Å². The molecule has 0 saturated carbocycles. The number of rotatable bonds is 6. The molecule has 2 saturated heterocycles. The van der Waals surface area contributed by atoms with Crippen LogP contribution in [0.1, 0.15) is 36.1 Å². The minimum atomic E-state index is 0.366. The Balaban J connectivity index is 1.33. The largest absolute Gasteiger partial charge is 0.373 e. The molecule has 5 nitrogen and oxygen atoms in total. The first-order valence-electron chi connectivity index (χ1n) is 9.43. The lowest BCUT2D eigenvalue weighted by Crippen LogP contribution is -2.47. The highest BCUT2D eigenvalue weighted by Crippen LogP contribution is 2.34. The van der Waals surface area contributed by atoms with Crippen molar-refractivity contribution in [1.82, 2.24) is 15.6 Å². The number of fused-ring (bicyclic) bond motifs is 2. The number of thiophene rings is 1. The van der Waals surface area contributed by atoms with E-state index in [-0.39, 0.29) is 0 Å². The number of thiazole rings is 1. The minimum Gasteiger partial charge on any atom is -0.373 e. The number of nitrogens with zero attached hydrogens (tertiary/aromatic N) is 2. The van der Waals surface area contributed by atoms with Crippen molar-refractivity contribution in [2.24, 2.45) is 4.99 Å². The zero-order chi connectivity index (χ0) is 17.9. The quantitative estimate of drug-likeness (QED) is 0.584. The highest BCUT2D eigenvalue weighted by atomic mass is 32.1. The van der Waals surface area contributed by atoms with Crippen LogP contribution >= 0.6 is 22.7 Å². The maximum Gasteiger partial charge on any atom is 0.191 e. The lowest BCUT2D eigenvalue weighted by atomic mass is 9.96. The number of guanidine groups is 1. The van der Waals surface area contributed by atoms with E-state index in [4.69, 9.17) is 9.73 Å². The van der Waals surface area contributed by atoms with Crippen LogP contribution in [0.4, 0.5) is 0 Å². The Morgan fingerprint density at radius 3 is 3.00 bits per heavy atom. The molecule has 2 fully saturated rings. The third kappa shape index (κ3) is 4.10. The van der Waals surface area contributed by atoms with E-state index >= 15 is 0 Å². The number of aryl methyl sites for hydroxylation is 1. The molecular weight excluding hydrogens is 364 g/mol. The summed E-state index contributed by atoms with van der Waals surface area (Å²) in [6.45, 7) is 5.82. The van der Waals surface area contributed by atoms with E-state index in [1.165, 1.54) is 22.6 Å². The van der Waals surface area contributed by atoms with E-state index in [0.717, 1.165) is 42.6 Å². The van der Waals surface area contributed by atoms with Gasteiger partial charge in [0.1, 0.15) is 0 Å². The fourth-order valence-electron chi connectivity index (χ4n) is 3.69. The summed E-state index contributed by atoms with van der Waals surface area (Å²) in [7, 11) is 0. The van der Waals surface area contributed by atoms with Crippen molar-refractivity contribution in [2.45, 2.75) is 57.8 Å². The number of aromatic nitrogens is 1. The molecule has 2 N–H and O–H groups in total. The first-order valence-corrected chi connectivity index (χ1v) is 11.1. The molecule has 2 aromatic rings. The Kier molecular flexibility index (Phi) is 5.57. The standard InChI is InChI=1S/C19H26N4OS2/c1-3-20-19(23-15-10-13-4-6-17(15)24-13)21-9-8-14-5-7-18(26-14)16-11-25-12(2)22-16/h5,7,11,13,15,17H,3-4,6,8-10H2,1-2H3,(H2,20,21,23). The van der Waals surface area contributed by atoms with Gasteiger partial charge < -0.3 is 15.4 Å². The van der Waals surface area contributed by atoms with Gasteiger partial charge in [-0.2, -0.15) is 0 Å². The zero-order valence-electron chi connectivity index (χ0n) is 15.3. The molecule has 140 valence electrons. The summed E-state index contributed by atoms with van der Waals surface area (Å²) >= 11 is 3.52. The summed E-state index contributed by atoms with van der Waals surface area (Å²) in [6.07, 6.45) is 5.28. The van der Waals surface area contributed by atoms with Crippen LogP contribution in [0.2, 0.25) is 0 Å². The fourth-order valence-corrected chi connectivity index (χ4v) is 5.33. The lowest BCUT2D eigenvalue weighted by molar-refractivity contribution is 0.0992. The Labute approximate surface area is 162 Å². The second kappa shape index (κ2) is 8.06. The number of aliphatic imine (C=N–C) groups is 1. The topological polar surface area (TPSA) is 58.5 Å². The molecule has 26 heavy (non-hydrogen) atoms. The van der Waals surface area contributed by atoms with Gasteiger partial charge in [-0.25, -0.2) is 4.98 Å². The van der Waals surface area contributed by atoms with Gasteiger partial charge >= 0.3 is 0 Å². The third-order valence-corrected chi connectivity index (χ3v) is 6.87. The Bertz CT molecular complexity index is 769. The summed E-state index contributed by atoms with van der Waals surface area (Å²) in [6, 6.07) is 4.79. The predicted octanol–water partition coefficient (Wildman–Crippen LogP) is 3.60. The molecule has 4 heterocycles. The summed E-state index contributed by atoms with van der Waals surface area (Å²) in [5, 5.41) is 10.2. The minimum absolute atomic E-state index is 0.366. The van der Waals surface area contributed by atoms with Crippen LogP contribution in [0.15, 0.2) is 22.5 Å². The van der Waals surface area contributed by atoms with E-state index < -0.39 is 0 Å². The molecular formula is C19H26N4OS2. The van der Waals surface area contributed by atoms with Crippen molar-refractivity contribution in [3.8, 4) is 10.6 Å². The van der Waals surface area contributed by atoms with Gasteiger partial charge in [-0.15, -0.1) is 22.7 Å². The molecule has 0 spiro atoms. The first-order chi connectivity index (χ1) is 12.7. The molecule has 3 atom stereocenters. The van der Waals surface area contributed by atoms with Crippen molar-refractivity contribution in [1.29, 1.82) is 0 Å². The SMILES string of the molecule is CCNC(=NCCc1ccc(-c2csc(C)n2)s1)NC1CC2CCC1O2. The normalized spacial score (nSPS) is 25.0. The van der Waals surface area contributed by atoms with Crippen LogP contribution in [-0.4, -0.2) is 42.3 Å². The van der Waals surface area contributed by atoms with Crippen LogP contribution in [-0.2, 0) is 11.2 Å². The van der Waals surface area contributed by atoms with Gasteiger partial charge in [0.05, 0.1) is 33.8 Å². The molecule has 3 unspecified atom stereocenters. The molecule has 2 bridgehead atoms. The lowest BCUT2D eigenvalue weighted by Gasteiger charge is -2.22. The molecule has 0 amide bonds. The van der Waals surface area contributed by atoms with E-state index in [1.807, 2.05) is 18.3 Å². The highest BCUT2D eigenvalue weighted by Gasteiger charge is 2.41. The maximum atomic E-state index is 5.94. The zero-order valence-corrected chi connectivity index (χ0v) is 17.0. The second-order valence-electron chi connectivity index (χ2n) is 6.89. The van der Waals surface area contributed by atoms with Crippen LogP contribution < -0.4 is 10.6 Å². The number of ether oxygens (including phenoxy) is 1. The van der Waals surface area contributed by atoms with Gasteiger partial charge in [0.15, 0.2) is 5.96 Å². The number of nitrogens with one attached hydrogen (secondary N) is 2. The van der Waals surface area contributed by atoms with Crippen molar-refractivity contribution < 1.29 is 4.74 Å². The average molecular weight is 391 g/mol. The third-order valence-electron chi connectivity index (χ3n) is 4.93. The summed E-state index contributed by atoms with van der Waals surface area (Å²) < 4.78 is 5.94. The van der Waals surface area contributed by atoms with E-state index in [2.05, 4.69) is 40.1 Å². The summed E-state index contributed by atoms with van der Waals surface area (Å²) in [4.78, 5) is 11.9. The smallest absolute Gasteiger partial charge is 0.191 e. The average Bonchev–Trinajstić information content (AvgIpc) is 3.39. The number of hydrogen-bond donors (Lipinski definition) is 2. The molecule has 0 radical (unpaired) electrons. The van der Waals surface area contributed by atoms with Gasteiger partial charge in [0.2, 0.25) is 0 Å². The van der Waals surface area contributed by atoms with Gasteiger partial charge in [0.25, 0.3) is 0 Å². The van der Waals surface area contributed by atoms with Crippen molar-refractivity contribution in [3.63, 3.8) is 0 Å². The molecule has 2 aliphatic rings. The van der Waals surface area contributed by atoms with Gasteiger partial charge in [-0.1, -0.05) is 0 Å². The number of hydrogen-bond acceptors (Lipinski definition) is 5. The fraction of sp³-hybridized carbons (Fsp3) is 0.579. The van der Waals surface area contributed by atoms with Crippen LogP contribution in [0.5, 0.6) is 0 Å². The van der Waals surface area contributed by atoms with Crippen molar-refractivity contribution >= 4 is 28.6 Å². The van der Waals surface area contributed by atoms with Crippen molar-refractivity contribution in [3.05, 3.63) is 27.4 Å². The Morgan fingerprint density at radius 1 is 1.38 bits per heavy atom. The van der Waals surface area contributed by atoms with Crippen molar-refractivity contribution in [2.75, 3.05) is 13.1 Å². The molecule has 4 rings (SSSR count). The van der Waals surface area contributed by atoms with Crippen LogP contribution in [0, 0.1) is 6.92 Å². The Morgan fingerprint density at radius 2 is 2.31 bits per heavy atom. The molecule has 7 heteroatoms. The molecule has 0 aliphatic carbocycles. The van der Waals surface area contributed by atoms with Crippen LogP contribution in [0.25, 0.3) is 10.6 Å². The Hall–Kier alpha value is -1.44. The van der Waals surface area contributed by atoms with Gasteiger partial charge in [-0.05, 0) is 45.2 Å². The first kappa shape index (κ1) is 17.9. The summed E-state index contributed by atoms with van der Waals surface area (Å²) in [5.74, 6) is 0.917. The van der Waals surface area contributed by atoms with E-state index in [0.29, 0.717) is 18.2 Å². The van der Waals surface area contributed by atoms with Gasteiger partial charge in [0, 0.05) is 29.8 Å².